The Hall–Kier alpha value is -3.15. The molecule has 2 aromatic rings. The van der Waals surface area contributed by atoms with Gasteiger partial charge in [-0.3, -0.25) is 9.59 Å². The molecule has 0 unspecified atom stereocenters. The Kier molecular flexibility index (Phi) is 4.79. The van der Waals surface area contributed by atoms with Crippen molar-refractivity contribution in [1.82, 2.24) is 5.32 Å². The number of hydrogen-bond donors (Lipinski definition) is 2. The van der Waals surface area contributed by atoms with Crippen LogP contribution in [0.3, 0.4) is 0 Å². The number of carbonyl (C=O) groups excluding carboxylic acids is 2. The van der Waals surface area contributed by atoms with E-state index in [-0.39, 0.29) is 25.5 Å². The topological polar surface area (TPSA) is 92.7 Å². The van der Waals surface area contributed by atoms with Crippen molar-refractivity contribution in [1.29, 1.82) is 0 Å². The Morgan fingerprint density at radius 3 is 2.08 bits per heavy atom. The lowest BCUT2D eigenvalue weighted by Gasteiger charge is -2.13. The van der Waals surface area contributed by atoms with Gasteiger partial charge < -0.3 is 15.2 Å². The zero-order valence-corrected chi connectivity index (χ0v) is 13.4. The summed E-state index contributed by atoms with van der Waals surface area (Å²) in [4.78, 5) is 33.9. The molecule has 2 N–H and O–H groups in total. The normalized spacial score (nSPS) is 12.2. The van der Waals surface area contributed by atoms with Gasteiger partial charge in [-0.2, -0.15) is 0 Å². The van der Waals surface area contributed by atoms with Gasteiger partial charge in [-0.15, -0.1) is 0 Å². The summed E-state index contributed by atoms with van der Waals surface area (Å²) in [5, 5.41) is 10.8. The quantitative estimate of drug-likeness (QED) is 0.641. The summed E-state index contributed by atoms with van der Waals surface area (Å²) in [7, 11) is 0. The summed E-state index contributed by atoms with van der Waals surface area (Å²) in [6, 6.07) is 15.8. The smallest absolute Gasteiger partial charge is 0.396 e. The monoisotopic (exact) mass is 339 g/mol. The molecule has 0 aromatic heterocycles. The highest BCUT2D eigenvalue weighted by Gasteiger charge is 2.29. The third-order valence-electron chi connectivity index (χ3n) is 4.15. The molecule has 0 fully saturated rings. The van der Waals surface area contributed by atoms with Gasteiger partial charge >= 0.3 is 17.8 Å². The highest BCUT2D eigenvalue weighted by molar-refractivity contribution is 6.32. The summed E-state index contributed by atoms with van der Waals surface area (Å²) in [6.07, 6.45) is -0.248. The fourth-order valence-electron chi connectivity index (χ4n) is 3.02. The number of benzene rings is 2. The third-order valence-corrected chi connectivity index (χ3v) is 4.15. The molecule has 25 heavy (non-hydrogen) atoms. The number of hydrogen-bond acceptors (Lipinski definition) is 4. The van der Waals surface area contributed by atoms with Crippen LogP contribution in [0.25, 0.3) is 11.1 Å². The van der Waals surface area contributed by atoms with Crippen LogP contribution in [0, 0.1) is 0 Å². The Labute approximate surface area is 144 Å². The number of aliphatic carboxylic acids is 1. The largest absolute Gasteiger partial charge is 0.481 e. The van der Waals surface area contributed by atoms with E-state index >= 15 is 0 Å². The highest BCUT2D eigenvalue weighted by Crippen LogP contribution is 2.44. The molecule has 0 spiro atoms. The molecule has 0 saturated carbocycles. The molecular weight excluding hydrogens is 322 g/mol. The van der Waals surface area contributed by atoms with Crippen LogP contribution in [0.2, 0.25) is 0 Å². The molecule has 128 valence electrons. The van der Waals surface area contributed by atoms with Gasteiger partial charge in [-0.25, -0.2) is 4.79 Å². The van der Waals surface area contributed by atoms with Crippen molar-refractivity contribution < 1.29 is 24.2 Å². The fourth-order valence-corrected chi connectivity index (χ4v) is 3.02. The summed E-state index contributed by atoms with van der Waals surface area (Å²) >= 11 is 0. The number of ether oxygens (including phenoxy) is 1. The van der Waals surface area contributed by atoms with E-state index < -0.39 is 17.8 Å². The minimum absolute atomic E-state index is 0.0548. The molecule has 0 saturated heterocycles. The molecule has 3 rings (SSSR count). The summed E-state index contributed by atoms with van der Waals surface area (Å²) in [6.45, 7) is -0.0580. The summed E-state index contributed by atoms with van der Waals surface area (Å²) in [5.74, 6) is -3.11. The van der Waals surface area contributed by atoms with E-state index in [0.717, 1.165) is 22.3 Å². The van der Waals surface area contributed by atoms with Crippen molar-refractivity contribution >= 4 is 17.8 Å². The first kappa shape index (κ1) is 16.7. The van der Waals surface area contributed by atoms with Gasteiger partial charge in [0.05, 0.1) is 6.42 Å². The lowest BCUT2D eigenvalue weighted by atomic mass is 9.98. The molecule has 0 aliphatic heterocycles. The van der Waals surface area contributed by atoms with Gasteiger partial charge in [-0.05, 0) is 22.3 Å². The summed E-state index contributed by atoms with van der Waals surface area (Å²) in [5.41, 5.74) is 4.32. The van der Waals surface area contributed by atoms with Gasteiger partial charge in [-0.1, -0.05) is 48.5 Å². The van der Waals surface area contributed by atoms with E-state index in [2.05, 4.69) is 5.32 Å². The van der Waals surface area contributed by atoms with Crippen molar-refractivity contribution in [2.24, 2.45) is 0 Å². The number of carbonyl (C=O) groups is 3. The lowest BCUT2D eigenvalue weighted by molar-refractivity contribution is -0.155. The molecule has 1 amide bonds. The average Bonchev–Trinajstić information content (AvgIpc) is 2.93. The molecule has 1 aliphatic carbocycles. The van der Waals surface area contributed by atoms with E-state index in [0.29, 0.717) is 0 Å². The van der Waals surface area contributed by atoms with Crippen molar-refractivity contribution in [3.05, 3.63) is 59.7 Å². The third kappa shape index (κ3) is 3.52. The molecule has 1 aliphatic rings. The molecule has 0 bridgehead atoms. The van der Waals surface area contributed by atoms with E-state index in [1.165, 1.54) is 0 Å². The molecule has 0 heterocycles. The van der Waals surface area contributed by atoms with Gasteiger partial charge in [0.2, 0.25) is 0 Å². The maximum atomic E-state index is 11.8. The van der Waals surface area contributed by atoms with Crippen LogP contribution in [0.5, 0.6) is 0 Å². The Morgan fingerprint density at radius 1 is 0.960 bits per heavy atom. The standard InChI is InChI=1S/C19H17NO5/c21-17(22)9-10-20-18(23)19(24)25-11-16-14-7-3-1-5-12(14)13-6-2-4-8-15(13)16/h1-8,16H,9-11H2,(H,20,23)(H,21,22). The van der Waals surface area contributed by atoms with Crippen LogP contribution >= 0.6 is 0 Å². The maximum absolute atomic E-state index is 11.8. The fraction of sp³-hybridized carbons (Fsp3) is 0.211. The highest BCUT2D eigenvalue weighted by atomic mass is 16.5. The predicted molar refractivity (Wildman–Crippen MR) is 89.9 cm³/mol. The summed E-state index contributed by atoms with van der Waals surface area (Å²) < 4.78 is 5.16. The second-order valence-corrected chi connectivity index (χ2v) is 5.73. The van der Waals surface area contributed by atoms with Crippen molar-refractivity contribution in [2.45, 2.75) is 12.3 Å². The number of amides is 1. The van der Waals surface area contributed by atoms with Crippen LogP contribution in [0.15, 0.2) is 48.5 Å². The Morgan fingerprint density at radius 2 is 1.52 bits per heavy atom. The van der Waals surface area contributed by atoms with Crippen molar-refractivity contribution in [3.63, 3.8) is 0 Å². The predicted octanol–water partition coefficient (Wildman–Crippen LogP) is 1.93. The number of rotatable bonds is 5. The molecular formula is C19H17NO5. The van der Waals surface area contributed by atoms with E-state index in [9.17, 15) is 14.4 Å². The molecule has 2 aromatic carbocycles. The van der Waals surface area contributed by atoms with Gasteiger partial charge in [0.25, 0.3) is 0 Å². The molecule has 0 radical (unpaired) electrons. The van der Waals surface area contributed by atoms with E-state index in [1.807, 2.05) is 48.5 Å². The second kappa shape index (κ2) is 7.17. The van der Waals surface area contributed by atoms with Crippen LogP contribution in [0.1, 0.15) is 23.5 Å². The Bertz CT molecular complexity index is 785. The zero-order valence-electron chi connectivity index (χ0n) is 13.4. The zero-order chi connectivity index (χ0) is 17.8. The molecule has 6 heteroatoms. The Balaban J connectivity index is 1.66. The first-order valence-corrected chi connectivity index (χ1v) is 7.93. The maximum Gasteiger partial charge on any atom is 0.396 e. The van der Waals surface area contributed by atoms with Crippen molar-refractivity contribution in [3.8, 4) is 11.1 Å². The minimum atomic E-state index is -1.05. The van der Waals surface area contributed by atoms with Gasteiger partial charge in [0, 0.05) is 12.5 Å². The average molecular weight is 339 g/mol. The van der Waals surface area contributed by atoms with Crippen LogP contribution < -0.4 is 5.32 Å². The van der Waals surface area contributed by atoms with Crippen LogP contribution in [-0.2, 0) is 19.1 Å². The number of carboxylic acid groups (broad SMARTS) is 1. The number of esters is 1. The first-order chi connectivity index (χ1) is 12.1. The number of fused-ring (bicyclic) bond motifs is 3. The minimum Gasteiger partial charge on any atom is -0.481 e. The number of carboxylic acids is 1. The SMILES string of the molecule is O=C(O)CCNC(=O)C(=O)OCC1c2ccccc2-c2ccccc21. The molecule has 6 nitrogen and oxygen atoms in total. The molecule has 0 atom stereocenters. The van der Waals surface area contributed by atoms with Crippen LogP contribution in [0.4, 0.5) is 0 Å². The first-order valence-electron chi connectivity index (χ1n) is 7.93. The van der Waals surface area contributed by atoms with E-state index in [4.69, 9.17) is 9.84 Å². The van der Waals surface area contributed by atoms with Gasteiger partial charge in [0.15, 0.2) is 0 Å². The van der Waals surface area contributed by atoms with Crippen molar-refractivity contribution in [2.75, 3.05) is 13.2 Å². The number of nitrogens with one attached hydrogen (secondary N) is 1. The lowest BCUT2D eigenvalue weighted by Crippen LogP contribution is -2.34. The van der Waals surface area contributed by atoms with E-state index in [1.54, 1.807) is 0 Å². The van der Waals surface area contributed by atoms with Gasteiger partial charge in [0.1, 0.15) is 6.61 Å². The second-order valence-electron chi connectivity index (χ2n) is 5.73. The van der Waals surface area contributed by atoms with Crippen LogP contribution in [-0.4, -0.2) is 36.1 Å².